The summed E-state index contributed by atoms with van der Waals surface area (Å²) >= 11 is 6.16. The van der Waals surface area contributed by atoms with E-state index in [2.05, 4.69) is 6.07 Å². The van der Waals surface area contributed by atoms with Gasteiger partial charge in [-0.3, -0.25) is 4.79 Å². The van der Waals surface area contributed by atoms with Crippen molar-refractivity contribution in [2.75, 3.05) is 0 Å². The second-order valence-corrected chi connectivity index (χ2v) is 4.77. The summed E-state index contributed by atoms with van der Waals surface area (Å²) in [6, 6.07) is 7.97. The molecule has 2 rings (SSSR count). The van der Waals surface area contributed by atoms with Crippen LogP contribution in [0.1, 0.15) is 37.7 Å². The Kier molecular flexibility index (Phi) is 3.11. The Morgan fingerprint density at radius 1 is 1.33 bits per heavy atom. The molecule has 2 heteroatoms. The zero-order valence-corrected chi connectivity index (χ0v) is 9.63. The molecule has 15 heavy (non-hydrogen) atoms. The molecule has 1 fully saturated rings. The first-order valence-electron chi connectivity index (χ1n) is 5.45. The van der Waals surface area contributed by atoms with Crippen molar-refractivity contribution in [3.05, 3.63) is 34.9 Å². The first-order valence-corrected chi connectivity index (χ1v) is 5.83. The summed E-state index contributed by atoms with van der Waals surface area (Å²) in [6.07, 6.45) is 2.60. The van der Waals surface area contributed by atoms with Crippen LogP contribution in [0.25, 0.3) is 0 Å². The summed E-state index contributed by atoms with van der Waals surface area (Å²) in [5.74, 6) is 1.06. The minimum atomic E-state index is 0.194. The van der Waals surface area contributed by atoms with Crippen molar-refractivity contribution in [1.82, 2.24) is 0 Å². The average Bonchev–Trinajstić information content (AvgIpc) is 2.23. The molecular formula is C13H15ClO. The SMILES string of the molecule is CC1CC(c2ccccc2Cl)CCC1=O. The van der Waals surface area contributed by atoms with Gasteiger partial charge in [-0.2, -0.15) is 0 Å². The van der Waals surface area contributed by atoms with Crippen LogP contribution in [-0.4, -0.2) is 5.78 Å². The first-order chi connectivity index (χ1) is 7.18. The lowest BCUT2D eigenvalue weighted by Gasteiger charge is -2.26. The Balaban J connectivity index is 2.19. The van der Waals surface area contributed by atoms with Gasteiger partial charge in [0.2, 0.25) is 0 Å². The number of Topliss-reactive ketones (excluding diaryl/α,β-unsaturated/α-hetero) is 1. The van der Waals surface area contributed by atoms with Gasteiger partial charge in [0.1, 0.15) is 5.78 Å². The number of carbonyl (C=O) groups excluding carboxylic acids is 1. The summed E-state index contributed by atoms with van der Waals surface area (Å²) in [4.78, 5) is 11.4. The zero-order valence-electron chi connectivity index (χ0n) is 8.87. The summed E-state index contributed by atoms with van der Waals surface area (Å²) in [5, 5.41) is 0.837. The third-order valence-electron chi connectivity index (χ3n) is 3.27. The van der Waals surface area contributed by atoms with Gasteiger partial charge in [0.15, 0.2) is 0 Å². The number of rotatable bonds is 1. The zero-order chi connectivity index (χ0) is 10.8. The molecule has 80 valence electrons. The van der Waals surface area contributed by atoms with Crippen LogP contribution in [0.4, 0.5) is 0 Å². The number of hydrogen-bond acceptors (Lipinski definition) is 1. The van der Waals surface area contributed by atoms with Gasteiger partial charge in [0.25, 0.3) is 0 Å². The van der Waals surface area contributed by atoms with Gasteiger partial charge in [0.05, 0.1) is 0 Å². The summed E-state index contributed by atoms with van der Waals surface area (Å²) in [6.45, 7) is 2.02. The maximum Gasteiger partial charge on any atom is 0.135 e. The number of ketones is 1. The van der Waals surface area contributed by atoms with Crippen LogP contribution < -0.4 is 0 Å². The Morgan fingerprint density at radius 3 is 2.73 bits per heavy atom. The monoisotopic (exact) mass is 222 g/mol. The number of halogens is 1. The van der Waals surface area contributed by atoms with Crippen molar-refractivity contribution in [3.63, 3.8) is 0 Å². The van der Waals surface area contributed by atoms with Gasteiger partial charge in [-0.15, -0.1) is 0 Å². The van der Waals surface area contributed by atoms with E-state index in [1.807, 2.05) is 25.1 Å². The summed E-state index contributed by atoms with van der Waals surface area (Å²) in [7, 11) is 0. The molecule has 0 spiro atoms. The smallest absolute Gasteiger partial charge is 0.135 e. The van der Waals surface area contributed by atoms with E-state index in [0.29, 0.717) is 18.1 Å². The molecule has 0 radical (unpaired) electrons. The molecule has 0 aromatic heterocycles. The predicted molar refractivity (Wildman–Crippen MR) is 62.2 cm³/mol. The maximum atomic E-state index is 11.4. The van der Waals surface area contributed by atoms with Crippen LogP contribution in [-0.2, 0) is 4.79 Å². The van der Waals surface area contributed by atoms with Crippen LogP contribution in [0.2, 0.25) is 5.02 Å². The van der Waals surface area contributed by atoms with Gasteiger partial charge in [0, 0.05) is 17.4 Å². The molecule has 1 aliphatic rings. The molecule has 1 nitrogen and oxygen atoms in total. The summed E-state index contributed by atoms with van der Waals surface area (Å²) in [5.41, 5.74) is 1.21. The van der Waals surface area contributed by atoms with Gasteiger partial charge < -0.3 is 0 Å². The third kappa shape index (κ3) is 2.23. The van der Waals surface area contributed by atoms with E-state index >= 15 is 0 Å². The Hall–Kier alpha value is -0.820. The van der Waals surface area contributed by atoms with Crippen LogP contribution in [0.3, 0.4) is 0 Å². The van der Waals surface area contributed by atoms with E-state index in [0.717, 1.165) is 17.9 Å². The van der Waals surface area contributed by atoms with Crippen molar-refractivity contribution >= 4 is 17.4 Å². The van der Waals surface area contributed by atoms with Crippen molar-refractivity contribution in [2.24, 2.45) is 5.92 Å². The van der Waals surface area contributed by atoms with E-state index in [1.165, 1.54) is 5.56 Å². The predicted octanol–water partition coefficient (Wildman–Crippen LogP) is 3.81. The molecule has 0 bridgehead atoms. The van der Waals surface area contributed by atoms with E-state index in [-0.39, 0.29) is 5.92 Å². The van der Waals surface area contributed by atoms with E-state index < -0.39 is 0 Å². The molecule has 0 amide bonds. The lowest BCUT2D eigenvalue weighted by atomic mass is 9.78. The minimum Gasteiger partial charge on any atom is -0.299 e. The molecular weight excluding hydrogens is 208 g/mol. The van der Waals surface area contributed by atoms with Gasteiger partial charge >= 0.3 is 0 Å². The topological polar surface area (TPSA) is 17.1 Å². The molecule has 0 heterocycles. The highest BCUT2D eigenvalue weighted by Crippen LogP contribution is 2.37. The van der Waals surface area contributed by atoms with Crippen LogP contribution >= 0.6 is 11.6 Å². The molecule has 1 saturated carbocycles. The fraction of sp³-hybridized carbons (Fsp3) is 0.462. The molecule has 1 aromatic rings. The lowest BCUT2D eigenvalue weighted by Crippen LogP contribution is -2.21. The minimum absolute atomic E-state index is 0.194. The molecule has 1 aliphatic carbocycles. The Morgan fingerprint density at radius 2 is 2.07 bits per heavy atom. The van der Waals surface area contributed by atoms with Crippen LogP contribution in [0, 0.1) is 5.92 Å². The highest BCUT2D eigenvalue weighted by molar-refractivity contribution is 6.31. The van der Waals surface area contributed by atoms with Crippen molar-refractivity contribution in [1.29, 1.82) is 0 Å². The van der Waals surface area contributed by atoms with Crippen molar-refractivity contribution < 1.29 is 4.79 Å². The molecule has 0 N–H and O–H groups in total. The van der Waals surface area contributed by atoms with E-state index in [4.69, 9.17) is 11.6 Å². The number of benzene rings is 1. The Labute approximate surface area is 95.4 Å². The van der Waals surface area contributed by atoms with Crippen LogP contribution in [0.15, 0.2) is 24.3 Å². The fourth-order valence-electron chi connectivity index (χ4n) is 2.33. The highest BCUT2D eigenvalue weighted by atomic mass is 35.5. The fourth-order valence-corrected chi connectivity index (χ4v) is 2.62. The van der Waals surface area contributed by atoms with Gasteiger partial charge in [-0.1, -0.05) is 36.7 Å². The standard InChI is InChI=1S/C13H15ClO/c1-9-8-10(6-7-13(9)15)11-4-2-3-5-12(11)14/h2-5,9-10H,6-8H2,1H3. The van der Waals surface area contributed by atoms with Crippen molar-refractivity contribution in [2.45, 2.75) is 32.1 Å². The Bertz CT molecular complexity index is 373. The maximum absolute atomic E-state index is 11.4. The number of hydrogen-bond donors (Lipinski definition) is 0. The second kappa shape index (κ2) is 4.36. The molecule has 1 aromatic carbocycles. The molecule has 2 unspecified atom stereocenters. The lowest BCUT2D eigenvalue weighted by molar-refractivity contribution is -0.124. The third-order valence-corrected chi connectivity index (χ3v) is 3.62. The molecule has 2 atom stereocenters. The number of carbonyl (C=O) groups is 1. The van der Waals surface area contributed by atoms with Gasteiger partial charge in [-0.05, 0) is 30.4 Å². The van der Waals surface area contributed by atoms with E-state index in [9.17, 15) is 4.79 Å². The van der Waals surface area contributed by atoms with Crippen LogP contribution in [0.5, 0.6) is 0 Å². The van der Waals surface area contributed by atoms with Gasteiger partial charge in [-0.25, -0.2) is 0 Å². The highest BCUT2D eigenvalue weighted by Gasteiger charge is 2.27. The summed E-state index contributed by atoms with van der Waals surface area (Å²) < 4.78 is 0. The normalized spacial score (nSPS) is 26.7. The second-order valence-electron chi connectivity index (χ2n) is 4.36. The largest absolute Gasteiger partial charge is 0.299 e. The molecule has 0 saturated heterocycles. The average molecular weight is 223 g/mol. The molecule has 0 aliphatic heterocycles. The van der Waals surface area contributed by atoms with Crippen molar-refractivity contribution in [3.8, 4) is 0 Å². The first kappa shape index (κ1) is 10.7. The quantitative estimate of drug-likeness (QED) is 0.706. The van der Waals surface area contributed by atoms with E-state index in [1.54, 1.807) is 0 Å².